The predicted octanol–water partition coefficient (Wildman–Crippen LogP) is 3.60. The highest BCUT2D eigenvalue weighted by Crippen LogP contribution is 2.37. The van der Waals surface area contributed by atoms with Gasteiger partial charge < -0.3 is 5.73 Å². The number of benzene rings is 1. The van der Waals surface area contributed by atoms with E-state index in [2.05, 4.69) is 9.36 Å². The van der Waals surface area contributed by atoms with Crippen molar-refractivity contribution >= 4 is 23.3 Å². The fourth-order valence-corrected chi connectivity index (χ4v) is 3.18. The summed E-state index contributed by atoms with van der Waals surface area (Å²) in [4.78, 5) is 4.43. The van der Waals surface area contributed by atoms with E-state index in [0.717, 1.165) is 17.6 Å². The van der Waals surface area contributed by atoms with Crippen LogP contribution in [-0.2, 0) is 12.6 Å². The first-order chi connectivity index (χ1) is 9.36. The molecule has 1 aromatic carbocycles. The summed E-state index contributed by atoms with van der Waals surface area (Å²) >= 11 is 2.31. The molecule has 0 aliphatic rings. The molecular weight excluding hydrogens is 307 g/mol. The zero-order chi connectivity index (χ0) is 14.8. The summed E-state index contributed by atoms with van der Waals surface area (Å²) in [6, 6.07) is 3.95. The van der Waals surface area contributed by atoms with Crippen LogP contribution in [0, 0.1) is 0 Å². The molecule has 2 rings (SSSR count). The average molecular weight is 319 g/mol. The minimum Gasteiger partial charge on any atom is -0.328 e. The van der Waals surface area contributed by atoms with Crippen LogP contribution in [0.1, 0.15) is 18.1 Å². The molecule has 108 valence electrons. The molecule has 0 radical (unpaired) electrons. The second-order valence-corrected chi connectivity index (χ2v) is 6.41. The lowest BCUT2D eigenvalue weighted by Crippen LogP contribution is -2.20. The number of nitrogens with two attached hydrogens (primary N) is 1. The Kier molecular flexibility index (Phi) is 4.66. The van der Waals surface area contributed by atoms with Gasteiger partial charge in [-0.15, -0.1) is 0 Å². The van der Waals surface area contributed by atoms with Gasteiger partial charge in [0, 0.05) is 10.9 Å². The van der Waals surface area contributed by atoms with Crippen molar-refractivity contribution in [1.82, 2.24) is 9.36 Å². The number of hydrogen-bond donors (Lipinski definition) is 1. The van der Waals surface area contributed by atoms with Crippen LogP contribution in [0.2, 0.25) is 0 Å². The van der Waals surface area contributed by atoms with Crippen molar-refractivity contribution in [3.8, 4) is 0 Å². The summed E-state index contributed by atoms with van der Waals surface area (Å²) in [6.45, 7) is 1.68. The molecular formula is C12H12F3N3S2. The van der Waals surface area contributed by atoms with Crippen molar-refractivity contribution in [3.63, 3.8) is 0 Å². The SMILES string of the molecule is CC(N)Cc1ccc(Sc2ncns2)cc1C(F)(F)F. The maximum Gasteiger partial charge on any atom is 0.416 e. The molecule has 20 heavy (non-hydrogen) atoms. The Morgan fingerprint density at radius 2 is 2.15 bits per heavy atom. The van der Waals surface area contributed by atoms with Gasteiger partial charge >= 0.3 is 6.18 Å². The van der Waals surface area contributed by atoms with E-state index >= 15 is 0 Å². The van der Waals surface area contributed by atoms with Gasteiger partial charge in [0.2, 0.25) is 0 Å². The number of nitrogens with zero attached hydrogens (tertiary/aromatic N) is 2. The lowest BCUT2D eigenvalue weighted by Gasteiger charge is -2.15. The van der Waals surface area contributed by atoms with E-state index in [-0.39, 0.29) is 18.0 Å². The number of halogens is 3. The average Bonchev–Trinajstić information content (AvgIpc) is 2.82. The van der Waals surface area contributed by atoms with Crippen molar-refractivity contribution in [1.29, 1.82) is 0 Å². The third-order valence-electron chi connectivity index (χ3n) is 2.47. The van der Waals surface area contributed by atoms with Crippen LogP contribution >= 0.6 is 23.3 Å². The van der Waals surface area contributed by atoms with E-state index in [1.807, 2.05) is 0 Å². The van der Waals surface area contributed by atoms with Crippen molar-refractivity contribution in [3.05, 3.63) is 35.7 Å². The molecule has 0 saturated carbocycles. The molecule has 0 amide bonds. The summed E-state index contributed by atoms with van der Waals surface area (Å²) in [6.07, 6.45) is -2.82. The van der Waals surface area contributed by atoms with Crippen LogP contribution in [-0.4, -0.2) is 15.4 Å². The third-order valence-corrected chi connectivity index (χ3v) is 4.18. The van der Waals surface area contributed by atoms with Gasteiger partial charge in [0.25, 0.3) is 0 Å². The van der Waals surface area contributed by atoms with Crippen molar-refractivity contribution < 1.29 is 13.2 Å². The molecule has 2 aromatic rings. The van der Waals surface area contributed by atoms with Crippen LogP contribution in [0.4, 0.5) is 13.2 Å². The summed E-state index contributed by atoms with van der Waals surface area (Å²) in [7, 11) is 0. The maximum absolute atomic E-state index is 13.1. The third kappa shape index (κ3) is 3.94. The highest BCUT2D eigenvalue weighted by molar-refractivity contribution is 8.01. The molecule has 0 spiro atoms. The Bertz CT molecular complexity index is 568. The molecule has 1 unspecified atom stereocenters. The highest BCUT2D eigenvalue weighted by Gasteiger charge is 2.33. The summed E-state index contributed by atoms with van der Waals surface area (Å²) < 4.78 is 43.7. The van der Waals surface area contributed by atoms with Crippen molar-refractivity contribution in [2.24, 2.45) is 5.73 Å². The maximum atomic E-state index is 13.1. The zero-order valence-corrected chi connectivity index (χ0v) is 12.1. The molecule has 1 aromatic heterocycles. The van der Waals surface area contributed by atoms with E-state index in [4.69, 9.17) is 5.73 Å². The van der Waals surface area contributed by atoms with Crippen LogP contribution in [0.5, 0.6) is 0 Å². The van der Waals surface area contributed by atoms with Gasteiger partial charge in [-0.3, -0.25) is 0 Å². The number of alkyl halides is 3. The zero-order valence-electron chi connectivity index (χ0n) is 10.5. The second-order valence-electron chi connectivity index (χ2n) is 4.31. The van der Waals surface area contributed by atoms with Gasteiger partial charge in [-0.2, -0.15) is 17.5 Å². The van der Waals surface area contributed by atoms with Gasteiger partial charge in [-0.1, -0.05) is 17.8 Å². The molecule has 1 heterocycles. The monoisotopic (exact) mass is 319 g/mol. The molecule has 8 heteroatoms. The molecule has 0 bridgehead atoms. The number of hydrogen-bond acceptors (Lipinski definition) is 5. The summed E-state index contributed by atoms with van der Waals surface area (Å²) in [5.41, 5.74) is 5.18. The molecule has 3 nitrogen and oxygen atoms in total. The van der Waals surface area contributed by atoms with Crippen molar-refractivity contribution in [2.45, 2.75) is 34.8 Å². The molecule has 0 aliphatic carbocycles. The van der Waals surface area contributed by atoms with Gasteiger partial charge in [-0.05, 0) is 42.6 Å². The molecule has 0 fully saturated rings. The van der Waals surface area contributed by atoms with E-state index < -0.39 is 11.7 Å². The normalized spacial score (nSPS) is 13.4. The Morgan fingerprint density at radius 3 is 2.70 bits per heavy atom. The lowest BCUT2D eigenvalue weighted by atomic mass is 10.0. The first-order valence-electron chi connectivity index (χ1n) is 5.76. The summed E-state index contributed by atoms with van der Waals surface area (Å²) in [5.74, 6) is 0. The predicted molar refractivity (Wildman–Crippen MR) is 72.8 cm³/mol. The van der Waals surface area contributed by atoms with E-state index in [0.29, 0.717) is 9.24 Å². The van der Waals surface area contributed by atoms with Crippen LogP contribution in [0.15, 0.2) is 33.8 Å². The van der Waals surface area contributed by atoms with Crippen LogP contribution in [0.3, 0.4) is 0 Å². The van der Waals surface area contributed by atoms with Crippen LogP contribution in [0.25, 0.3) is 0 Å². The first-order valence-corrected chi connectivity index (χ1v) is 7.35. The molecule has 2 N–H and O–H groups in total. The largest absolute Gasteiger partial charge is 0.416 e. The standard InChI is InChI=1S/C12H12F3N3S2/c1-7(16)4-8-2-3-9(5-10(8)12(13,14)15)19-11-17-6-18-20-11/h2-3,5-7H,4,16H2,1H3. The van der Waals surface area contributed by atoms with Crippen molar-refractivity contribution in [2.75, 3.05) is 0 Å². The molecule has 0 aliphatic heterocycles. The quantitative estimate of drug-likeness (QED) is 0.935. The van der Waals surface area contributed by atoms with E-state index in [1.54, 1.807) is 13.0 Å². The van der Waals surface area contributed by atoms with E-state index in [9.17, 15) is 13.2 Å². The minimum atomic E-state index is -4.39. The van der Waals surface area contributed by atoms with Gasteiger partial charge in [-0.25, -0.2) is 4.98 Å². The Hall–Kier alpha value is -1.12. The van der Waals surface area contributed by atoms with Gasteiger partial charge in [0.15, 0.2) is 4.34 Å². The smallest absolute Gasteiger partial charge is 0.328 e. The second kappa shape index (κ2) is 6.11. The van der Waals surface area contributed by atoms with Gasteiger partial charge in [0.1, 0.15) is 6.33 Å². The fraction of sp³-hybridized carbons (Fsp3) is 0.333. The fourth-order valence-electron chi connectivity index (χ4n) is 1.72. The van der Waals surface area contributed by atoms with Crippen LogP contribution < -0.4 is 5.73 Å². The number of rotatable bonds is 4. The molecule has 1 atom stereocenters. The lowest BCUT2D eigenvalue weighted by molar-refractivity contribution is -0.138. The Morgan fingerprint density at radius 1 is 1.40 bits per heavy atom. The minimum absolute atomic E-state index is 0.193. The highest BCUT2D eigenvalue weighted by atomic mass is 32.2. The topological polar surface area (TPSA) is 51.8 Å². The molecule has 0 saturated heterocycles. The Balaban J connectivity index is 2.33. The first kappa shape index (κ1) is 15.3. The Labute approximate surface area is 122 Å². The van der Waals surface area contributed by atoms with E-state index in [1.165, 1.54) is 24.2 Å². The van der Waals surface area contributed by atoms with Gasteiger partial charge in [0.05, 0.1) is 5.56 Å². The summed E-state index contributed by atoms with van der Waals surface area (Å²) in [5, 5.41) is 0. The number of aromatic nitrogens is 2.